The van der Waals surface area contributed by atoms with E-state index in [1.165, 1.54) is 0 Å². The minimum absolute atomic E-state index is 0.146. The van der Waals surface area contributed by atoms with Crippen molar-refractivity contribution in [2.75, 3.05) is 41.8 Å². The Balaban J connectivity index is 1.22. The number of hydrogen-bond acceptors (Lipinski definition) is 6. The van der Waals surface area contributed by atoms with Gasteiger partial charge < -0.3 is 20.3 Å². The highest BCUT2D eigenvalue weighted by atomic mass is 16.5. The summed E-state index contributed by atoms with van der Waals surface area (Å²) in [5.41, 5.74) is 4.41. The standard InChI is InChI=1S/C28H27N5O2/c1-20-29-26(19-27(30-20)33-15-17-35-18-16-33)31-24-11-13-25(14-12-24)32-28(34)23-9-7-22(8-10-23)21-5-3-2-4-6-21/h2-14,19H,15-18H2,1H3,(H,32,34)(H,29,30,31). The Kier molecular flexibility index (Phi) is 6.68. The van der Waals surface area contributed by atoms with Crippen LogP contribution in [0.4, 0.5) is 23.0 Å². The van der Waals surface area contributed by atoms with Gasteiger partial charge in [0.25, 0.3) is 5.91 Å². The van der Waals surface area contributed by atoms with E-state index in [4.69, 9.17) is 4.74 Å². The number of rotatable bonds is 6. The highest BCUT2D eigenvalue weighted by Crippen LogP contribution is 2.23. The van der Waals surface area contributed by atoms with Crippen molar-refractivity contribution in [1.29, 1.82) is 0 Å². The number of aromatic nitrogens is 2. The molecule has 1 amide bonds. The van der Waals surface area contributed by atoms with Gasteiger partial charge in [-0.15, -0.1) is 0 Å². The molecule has 1 aromatic heterocycles. The largest absolute Gasteiger partial charge is 0.378 e. The second-order valence-corrected chi connectivity index (χ2v) is 8.36. The van der Waals surface area contributed by atoms with Gasteiger partial charge in [0.1, 0.15) is 17.5 Å². The predicted molar refractivity (Wildman–Crippen MR) is 139 cm³/mol. The molecule has 0 bridgehead atoms. The lowest BCUT2D eigenvalue weighted by molar-refractivity contribution is 0.102. The zero-order valence-corrected chi connectivity index (χ0v) is 19.6. The Hall–Kier alpha value is -4.23. The second kappa shape index (κ2) is 10.4. The van der Waals surface area contributed by atoms with Crippen LogP contribution >= 0.6 is 0 Å². The van der Waals surface area contributed by atoms with E-state index in [1.54, 1.807) is 0 Å². The molecular weight excluding hydrogens is 438 g/mol. The fraction of sp³-hybridized carbons (Fsp3) is 0.179. The molecule has 0 aliphatic carbocycles. The Morgan fingerprint density at radius 2 is 1.49 bits per heavy atom. The number of hydrogen-bond donors (Lipinski definition) is 2. The van der Waals surface area contributed by atoms with Crippen molar-refractivity contribution < 1.29 is 9.53 Å². The smallest absolute Gasteiger partial charge is 0.255 e. The summed E-state index contributed by atoms with van der Waals surface area (Å²) in [6.45, 7) is 4.94. The molecule has 0 spiro atoms. The van der Waals surface area contributed by atoms with Crippen LogP contribution in [0.2, 0.25) is 0 Å². The molecule has 1 fully saturated rings. The molecule has 0 saturated carbocycles. The van der Waals surface area contributed by atoms with Crippen LogP contribution in [0.25, 0.3) is 11.1 Å². The number of morpholine rings is 1. The minimum atomic E-state index is -0.146. The first-order valence-electron chi connectivity index (χ1n) is 11.7. The van der Waals surface area contributed by atoms with Crippen molar-refractivity contribution in [2.45, 2.75) is 6.92 Å². The maximum Gasteiger partial charge on any atom is 0.255 e. The average molecular weight is 466 g/mol. The predicted octanol–water partition coefficient (Wildman–Crippen LogP) is 5.28. The van der Waals surface area contributed by atoms with Crippen LogP contribution in [0, 0.1) is 6.92 Å². The third-order valence-corrected chi connectivity index (χ3v) is 5.83. The summed E-state index contributed by atoms with van der Waals surface area (Å²) in [5.74, 6) is 2.19. The summed E-state index contributed by atoms with van der Waals surface area (Å²) in [5, 5.41) is 6.30. The molecule has 2 heterocycles. The first-order chi connectivity index (χ1) is 17.1. The van der Waals surface area contributed by atoms with Crippen molar-refractivity contribution in [3.8, 4) is 11.1 Å². The zero-order chi connectivity index (χ0) is 24.0. The number of benzene rings is 3. The van der Waals surface area contributed by atoms with Crippen molar-refractivity contribution in [2.24, 2.45) is 0 Å². The number of carbonyl (C=O) groups excluding carboxylic acids is 1. The molecular formula is C28H27N5O2. The summed E-state index contributed by atoms with van der Waals surface area (Å²) in [7, 11) is 0. The third-order valence-electron chi connectivity index (χ3n) is 5.83. The number of ether oxygens (including phenoxy) is 1. The van der Waals surface area contributed by atoms with Crippen molar-refractivity contribution in [1.82, 2.24) is 9.97 Å². The summed E-state index contributed by atoms with van der Waals surface area (Å²) in [4.78, 5) is 24.0. The molecule has 4 aromatic rings. The van der Waals surface area contributed by atoms with E-state index >= 15 is 0 Å². The molecule has 3 aromatic carbocycles. The lowest BCUT2D eigenvalue weighted by Crippen LogP contribution is -2.36. The van der Waals surface area contributed by atoms with E-state index in [1.807, 2.05) is 79.7 Å². The van der Waals surface area contributed by atoms with Crippen LogP contribution in [-0.4, -0.2) is 42.2 Å². The Morgan fingerprint density at radius 1 is 0.829 bits per heavy atom. The van der Waals surface area contributed by atoms with Crippen molar-refractivity contribution in [3.63, 3.8) is 0 Å². The fourth-order valence-electron chi connectivity index (χ4n) is 4.00. The molecule has 2 N–H and O–H groups in total. The van der Waals surface area contributed by atoms with Gasteiger partial charge >= 0.3 is 0 Å². The maximum absolute atomic E-state index is 12.7. The van der Waals surface area contributed by atoms with Gasteiger partial charge in [-0.05, 0) is 54.4 Å². The highest BCUT2D eigenvalue weighted by Gasteiger charge is 2.14. The fourth-order valence-corrected chi connectivity index (χ4v) is 4.00. The van der Waals surface area contributed by atoms with E-state index in [0.717, 1.165) is 47.2 Å². The molecule has 0 atom stereocenters. The topological polar surface area (TPSA) is 79.4 Å². The Bertz CT molecular complexity index is 1290. The first-order valence-corrected chi connectivity index (χ1v) is 11.7. The maximum atomic E-state index is 12.7. The van der Waals surface area contributed by atoms with E-state index < -0.39 is 0 Å². The third kappa shape index (κ3) is 5.65. The van der Waals surface area contributed by atoms with Gasteiger partial charge in [-0.1, -0.05) is 42.5 Å². The molecule has 1 aliphatic rings. The van der Waals surface area contributed by atoms with Gasteiger partial charge in [0.15, 0.2) is 0 Å². The molecule has 176 valence electrons. The monoisotopic (exact) mass is 465 g/mol. The van der Waals surface area contributed by atoms with Gasteiger partial charge in [0, 0.05) is 36.1 Å². The lowest BCUT2D eigenvalue weighted by Gasteiger charge is -2.28. The van der Waals surface area contributed by atoms with Crippen molar-refractivity contribution >= 4 is 28.9 Å². The van der Waals surface area contributed by atoms with Crippen LogP contribution < -0.4 is 15.5 Å². The van der Waals surface area contributed by atoms with Crippen LogP contribution in [0.3, 0.4) is 0 Å². The Labute approximate surface area is 204 Å². The quantitative estimate of drug-likeness (QED) is 0.403. The van der Waals surface area contributed by atoms with Gasteiger partial charge in [-0.3, -0.25) is 4.79 Å². The van der Waals surface area contributed by atoms with Gasteiger partial charge in [-0.25, -0.2) is 9.97 Å². The number of amides is 1. The molecule has 0 radical (unpaired) electrons. The summed E-state index contributed by atoms with van der Waals surface area (Å²) >= 11 is 0. The van der Waals surface area contributed by atoms with Gasteiger partial charge in [0.2, 0.25) is 0 Å². The summed E-state index contributed by atoms with van der Waals surface area (Å²) in [6.07, 6.45) is 0. The SMILES string of the molecule is Cc1nc(Nc2ccc(NC(=O)c3ccc(-c4ccccc4)cc3)cc2)cc(N2CCOCC2)n1. The number of nitrogens with zero attached hydrogens (tertiary/aromatic N) is 3. The molecule has 35 heavy (non-hydrogen) atoms. The first kappa shape index (κ1) is 22.6. The molecule has 1 aliphatic heterocycles. The molecule has 1 saturated heterocycles. The summed E-state index contributed by atoms with van der Waals surface area (Å²) in [6, 6.07) is 27.2. The second-order valence-electron chi connectivity index (χ2n) is 8.36. The van der Waals surface area contributed by atoms with Gasteiger partial charge in [-0.2, -0.15) is 0 Å². The molecule has 7 heteroatoms. The van der Waals surface area contributed by atoms with E-state index in [0.29, 0.717) is 24.6 Å². The van der Waals surface area contributed by atoms with E-state index in [-0.39, 0.29) is 5.91 Å². The lowest BCUT2D eigenvalue weighted by atomic mass is 10.0. The van der Waals surface area contributed by atoms with Crippen LogP contribution in [-0.2, 0) is 4.74 Å². The normalized spacial score (nSPS) is 13.3. The van der Waals surface area contributed by atoms with Crippen LogP contribution in [0.1, 0.15) is 16.2 Å². The van der Waals surface area contributed by atoms with Crippen molar-refractivity contribution in [3.05, 3.63) is 96.3 Å². The highest BCUT2D eigenvalue weighted by molar-refractivity contribution is 6.04. The van der Waals surface area contributed by atoms with Crippen LogP contribution in [0.15, 0.2) is 84.9 Å². The number of carbonyl (C=O) groups is 1. The van der Waals surface area contributed by atoms with Gasteiger partial charge in [0.05, 0.1) is 13.2 Å². The molecule has 7 nitrogen and oxygen atoms in total. The minimum Gasteiger partial charge on any atom is -0.378 e. The molecule has 0 unspecified atom stereocenters. The number of nitrogens with one attached hydrogen (secondary N) is 2. The molecule has 5 rings (SSSR count). The average Bonchev–Trinajstić information content (AvgIpc) is 2.90. The van der Waals surface area contributed by atoms with E-state index in [2.05, 4.69) is 37.6 Å². The summed E-state index contributed by atoms with van der Waals surface area (Å²) < 4.78 is 5.44. The van der Waals surface area contributed by atoms with E-state index in [9.17, 15) is 4.79 Å². The zero-order valence-electron chi connectivity index (χ0n) is 19.6. The number of anilines is 4. The Morgan fingerprint density at radius 3 is 2.20 bits per heavy atom. The number of aryl methyl sites for hydroxylation is 1. The van der Waals surface area contributed by atoms with Crippen LogP contribution in [0.5, 0.6) is 0 Å².